The summed E-state index contributed by atoms with van der Waals surface area (Å²) in [5.74, 6) is -0.839. The number of nitrogens with two attached hydrogens (primary N) is 1. The van der Waals surface area contributed by atoms with E-state index in [4.69, 9.17) is 26.8 Å². The molecule has 1 atom stereocenters. The summed E-state index contributed by atoms with van der Waals surface area (Å²) in [4.78, 5) is 22.9. The number of hydrogen-bond acceptors (Lipinski definition) is 7. The standard InChI is InChI=1S/C23H14ClN3O5/c24-19-4-2-1-3-16(19)23(28)31-15-9-10-17-20(11-15)32-22(26)18(12-25)21(17)13-5-7-14(8-6-13)27(29)30/h1-11,21H,26H2. The van der Waals surface area contributed by atoms with Gasteiger partial charge in [-0.1, -0.05) is 41.9 Å². The van der Waals surface area contributed by atoms with Crippen molar-refractivity contribution in [2.24, 2.45) is 5.73 Å². The van der Waals surface area contributed by atoms with Crippen LogP contribution in [0.3, 0.4) is 0 Å². The Balaban J connectivity index is 1.70. The minimum Gasteiger partial charge on any atom is -0.440 e. The maximum Gasteiger partial charge on any atom is 0.345 e. The summed E-state index contributed by atoms with van der Waals surface area (Å²) in [7, 11) is 0. The Kier molecular flexibility index (Phi) is 5.50. The average Bonchev–Trinajstić information content (AvgIpc) is 2.78. The van der Waals surface area contributed by atoms with E-state index in [1.54, 1.807) is 48.5 Å². The lowest BCUT2D eigenvalue weighted by molar-refractivity contribution is -0.384. The van der Waals surface area contributed by atoms with E-state index < -0.39 is 16.8 Å². The smallest absolute Gasteiger partial charge is 0.345 e. The third kappa shape index (κ3) is 3.85. The van der Waals surface area contributed by atoms with Crippen molar-refractivity contribution in [3.8, 4) is 17.6 Å². The van der Waals surface area contributed by atoms with Gasteiger partial charge in [-0.25, -0.2) is 4.79 Å². The lowest BCUT2D eigenvalue weighted by Gasteiger charge is -2.26. The van der Waals surface area contributed by atoms with Gasteiger partial charge in [0.15, 0.2) is 0 Å². The first-order valence-corrected chi connectivity index (χ1v) is 9.69. The zero-order chi connectivity index (χ0) is 22.8. The van der Waals surface area contributed by atoms with Crippen molar-refractivity contribution in [2.75, 3.05) is 0 Å². The van der Waals surface area contributed by atoms with Crippen LogP contribution in [0.2, 0.25) is 5.02 Å². The first-order valence-electron chi connectivity index (χ1n) is 9.31. The highest BCUT2D eigenvalue weighted by Crippen LogP contribution is 2.43. The highest BCUT2D eigenvalue weighted by atomic mass is 35.5. The summed E-state index contributed by atoms with van der Waals surface area (Å²) in [6.07, 6.45) is 0. The molecule has 8 nitrogen and oxygen atoms in total. The Bertz CT molecular complexity index is 1310. The largest absolute Gasteiger partial charge is 0.440 e. The number of ether oxygens (including phenoxy) is 2. The Morgan fingerprint density at radius 1 is 1.16 bits per heavy atom. The number of benzene rings is 3. The van der Waals surface area contributed by atoms with E-state index in [1.165, 1.54) is 18.2 Å². The Morgan fingerprint density at radius 2 is 1.88 bits per heavy atom. The van der Waals surface area contributed by atoms with Crippen molar-refractivity contribution in [2.45, 2.75) is 5.92 Å². The van der Waals surface area contributed by atoms with Gasteiger partial charge in [-0.3, -0.25) is 10.1 Å². The predicted molar refractivity (Wildman–Crippen MR) is 115 cm³/mol. The first kappa shape index (κ1) is 20.9. The molecular weight excluding hydrogens is 434 g/mol. The zero-order valence-electron chi connectivity index (χ0n) is 16.3. The number of rotatable bonds is 4. The molecule has 1 aliphatic rings. The summed E-state index contributed by atoms with van der Waals surface area (Å²) >= 11 is 6.05. The zero-order valence-corrected chi connectivity index (χ0v) is 17.1. The molecule has 0 spiro atoms. The van der Waals surface area contributed by atoms with Crippen LogP contribution in [0.5, 0.6) is 11.5 Å². The van der Waals surface area contributed by atoms with Gasteiger partial charge in [0, 0.05) is 23.8 Å². The van der Waals surface area contributed by atoms with Gasteiger partial charge in [-0.15, -0.1) is 0 Å². The molecule has 32 heavy (non-hydrogen) atoms. The topological polar surface area (TPSA) is 128 Å². The summed E-state index contributed by atoms with van der Waals surface area (Å²) in [5, 5.41) is 20.9. The molecule has 3 aromatic rings. The van der Waals surface area contributed by atoms with E-state index in [2.05, 4.69) is 6.07 Å². The van der Waals surface area contributed by atoms with Gasteiger partial charge in [-0.2, -0.15) is 5.26 Å². The fourth-order valence-electron chi connectivity index (χ4n) is 3.42. The van der Waals surface area contributed by atoms with Gasteiger partial charge < -0.3 is 15.2 Å². The van der Waals surface area contributed by atoms with Gasteiger partial charge in [-0.05, 0) is 23.8 Å². The fourth-order valence-corrected chi connectivity index (χ4v) is 3.63. The van der Waals surface area contributed by atoms with Gasteiger partial charge in [0.05, 0.1) is 21.4 Å². The number of nitrogens with zero attached hydrogens (tertiary/aromatic N) is 2. The number of fused-ring (bicyclic) bond motifs is 1. The van der Waals surface area contributed by atoms with Crippen LogP contribution in [0.4, 0.5) is 5.69 Å². The second-order valence-corrected chi connectivity index (χ2v) is 7.25. The van der Waals surface area contributed by atoms with Gasteiger partial charge in [0.2, 0.25) is 5.88 Å². The van der Waals surface area contributed by atoms with Gasteiger partial charge >= 0.3 is 5.97 Å². The number of nitro benzene ring substituents is 1. The fraction of sp³-hybridized carbons (Fsp3) is 0.0435. The summed E-state index contributed by atoms with van der Waals surface area (Å²) in [6, 6.07) is 19.1. The molecule has 0 aliphatic carbocycles. The Morgan fingerprint density at radius 3 is 2.53 bits per heavy atom. The predicted octanol–water partition coefficient (Wildman–Crippen LogP) is 4.69. The number of hydrogen-bond donors (Lipinski definition) is 1. The van der Waals surface area contributed by atoms with Crippen LogP contribution in [-0.4, -0.2) is 10.9 Å². The Labute approximate surface area is 187 Å². The number of allylic oxidation sites excluding steroid dienone is 1. The summed E-state index contributed by atoms with van der Waals surface area (Å²) in [6.45, 7) is 0. The lowest BCUT2D eigenvalue weighted by Crippen LogP contribution is -2.21. The molecule has 0 radical (unpaired) electrons. The second-order valence-electron chi connectivity index (χ2n) is 6.84. The van der Waals surface area contributed by atoms with Crippen LogP contribution >= 0.6 is 11.6 Å². The minimum atomic E-state index is -0.639. The molecule has 4 rings (SSSR count). The molecular formula is C23H14ClN3O5. The molecule has 1 unspecified atom stereocenters. The molecule has 158 valence electrons. The van der Waals surface area contributed by atoms with E-state index in [0.29, 0.717) is 16.9 Å². The molecule has 1 heterocycles. The maximum absolute atomic E-state index is 12.5. The molecule has 0 aromatic heterocycles. The maximum atomic E-state index is 12.5. The number of halogens is 1. The van der Waals surface area contributed by atoms with Crippen LogP contribution < -0.4 is 15.2 Å². The van der Waals surface area contributed by atoms with Gasteiger partial charge in [0.1, 0.15) is 23.1 Å². The quantitative estimate of drug-likeness (QED) is 0.266. The molecule has 0 fully saturated rings. The Hall–Kier alpha value is -4.35. The van der Waals surface area contributed by atoms with E-state index in [0.717, 1.165) is 0 Å². The minimum absolute atomic E-state index is 0.0710. The monoisotopic (exact) mass is 447 g/mol. The molecule has 3 aromatic carbocycles. The van der Waals surface area contributed by atoms with E-state index in [-0.39, 0.29) is 33.5 Å². The molecule has 0 bridgehead atoms. The number of carbonyl (C=O) groups is 1. The van der Waals surface area contributed by atoms with Crippen molar-refractivity contribution >= 4 is 23.3 Å². The summed E-state index contributed by atoms with van der Waals surface area (Å²) < 4.78 is 11.0. The third-order valence-corrected chi connectivity index (χ3v) is 5.26. The normalized spacial score (nSPS) is 14.7. The molecule has 0 amide bonds. The van der Waals surface area contributed by atoms with Crippen LogP contribution in [0.15, 0.2) is 78.2 Å². The van der Waals surface area contributed by atoms with Crippen LogP contribution in [0.1, 0.15) is 27.4 Å². The van der Waals surface area contributed by atoms with Crippen LogP contribution in [-0.2, 0) is 0 Å². The number of non-ortho nitro benzene ring substituents is 1. The van der Waals surface area contributed by atoms with Crippen molar-refractivity contribution in [3.05, 3.63) is 110 Å². The first-order chi connectivity index (χ1) is 15.4. The van der Waals surface area contributed by atoms with E-state index in [9.17, 15) is 20.2 Å². The molecule has 9 heteroatoms. The SMILES string of the molecule is N#CC1=C(N)Oc2cc(OC(=O)c3ccccc3Cl)ccc2C1c1ccc([N+](=O)[O-])cc1. The molecule has 1 aliphatic heterocycles. The van der Waals surface area contributed by atoms with Crippen molar-refractivity contribution in [1.29, 1.82) is 5.26 Å². The van der Waals surface area contributed by atoms with Crippen molar-refractivity contribution in [1.82, 2.24) is 0 Å². The van der Waals surface area contributed by atoms with Crippen molar-refractivity contribution in [3.63, 3.8) is 0 Å². The molecule has 2 N–H and O–H groups in total. The van der Waals surface area contributed by atoms with E-state index >= 15 is 0 Å². The van der Waals surface area contributed by atoms with Crippen molar-refractivity contribution < 1.29 is 19.2 Å². The second kappa shape index (κ2) is 8.41. The lowest BCUT2D eigenvalue weighted by atomic mass is 9.83. The number of nitriles is 1. The van der Waals surface area contributed by atoms with Crippen LogP contribution in [0, 0.1) is 21.4 Å². The highest BCUT2D eigenvalue weighted by molar-refractivity contribution is 6.33. The molecule has 0 saturated carbocycles. The third-order valence-electron chi connectivity index (χ3n) is 4.93. The number of carbonyl (C=O) groups excluding carboxylic acids is 1. The number of esters is 1. The van der Waals surface area contributed by atoms with E-state index in [1.807, 2.05) is 0 Å². The molecule has 0 saturated heterocycles. The van der Waals surface area contributed by atoms with Gasteiger partial charge in [0.25, 0.3) is 5.69 Å². The average molecular weight is 448 g/mol. The highest BCUT2D eigenvalue weighted by Gasteiger charge is 2.31. The summed E-state index contributed by atoms with van der Waals surface area (Å²) in [5.41, 5.74) is 7.51. The van der Waals surface area contributed by atoms with Crippen LogP contribution in [0.25, 0.3) is 0 Å². The number of nitro groups is 1.